The summed E-state index contributed by atoms with van der Waals surface area (Å²) in [6, 6.07) is -0.397. The van der Waals surface area contributed by atoms with Gasteiger partial charge in [-0.2, -0.15) is 0 Å². The van der Waals surface area contributed by atoms with E-state index < -0.39 is 6.04 Å². The Morgan fingerprint density at radius 1 is 1.47 bits per heavy atom. The third kappa shape index (κ3) is 8.35. The molecular formula is C10H23N3O2. The number of hydrogen-bond acceptors (Lipinski definition) is 4. The van der Waals surface area contributed by atoms with Crippen LogP contribution in [0.15, 0.2) is 0 Å². The fourth-order valence-corrected chi connectivity index (χ4v) is 0.912. The van der Waals surface area contributed by atoms with Crippen LogP contribution in [-0.4, -0.2) is 57.2 Å². The number of nitrogens with one attached hydrogen (secondary N) is 1. The average molecular weight is 217 g/mol. The van der Waals surface area contributed by atoms with Gasteiger partial charge in [-0.3, -0.25) is 4.79 Å². The van der Waals surface area contributed by atoms with Crippen LogP contribution in [-0.2, 0) is 9.53 Å². The standard InChI is InChI=1S/C10H23N3O2/c1-4-9(11)10(14)12-5-7-15-8-6-13(2)3/h9H,4-8,11H2,1-3H3,(H,12,14)/t9-/m1/s1. The van der Waals surface area contributed by atoms with E-state index in [2.05, 4.69) is 5.32 Å². The van der Waals surface area contributed by atoms with Crippen molar-refractivity contribution in [2.45, 2.75) is 19.4 Å². The number of nitrogens with two attached hydrogens (primary N) is 1. The molecule has 5 heteroatoms. The Kier molecular flexibility index (Phi) is 8.27. The van der Waals surface area contributed by atoms with E-state index in [0.717, 1.165) is 6.54 Å². The largest absolute Gasteiger partial charge is 0.378 e. The van der Waals surface area contributed by atoms with Gasteiger partial charge in [-0.15, -0.1) is 0 Å². The van der Waals surface area contributed by atoms with Crippen LogP contribution in [0.1, 0.15) is 13.3 Å². The first-order chi connectivity index (χ1) is 7.07. The summed E-state index contributed by atoms with van der Waals surface area (Å²) in [4.78, 5) is 13.3. The van der Waals surface area contributed by atoms with Crippen LogP contribution in [0.3, 0.4) is 0 Å². The molecule has 3 N–H and O–H groups in total. The molecule has 0 rings (SSSR count). The van der Waals surface area contributed by atoms with Gasteiger partial charge in [0, 0.05) is 13.1 Å². The Balaban J connectivity index is 3.27. The van der Waals surface area contributed by atoms with E-state index in [4.69, 9.17) is 10.5 Å². The van der Waals surface area contributed by atoms with Crippen molar-refractivity contribution >= 4 is 5.91 Å². The van der Waals surface area contributed by atoms with Crippen LogP contribution in [0, 0.1) is 0 Å². The van der Waals surface area contributed by atoms with Crippen molar-refractivity contribution in [1.82, 2.24) is 10.2 Å². The first-order valence-corrected chi connectivity index (χ1v) is 5.33. The van der Waals surface area contributed by atoms with Crippen molar-refractivity contribution in [2.24, 2.45) is 5.73 Å². The zero-order valence-electron chi connectivity index (χ0n) is 9.95. The van der Waals surface area contributed by atoms with Crippen LogP contribution in [0.2, 0.25) is 0 Å². The first kappa shape index (κ1) is 14.3. The van der Waals surface area contributed by atoms with Crippen molar-refractivity contribution < 1.29 is 9.53 Å². The van der Waals surface area contributed by atoms with Gasteiger partial charge in [0.1, 0.15) is 0 Å². The molecule has 0 aromatic heterocycles. The SMILES string of the molecule is CC[C@@H](N)C(=O)NCCOCCN(C)C. The van der Waals surface area contributed by atoms with Gasteiger partial charge in [0.15, 0.2) is 0 Å². The van der Waals surface area contributed by atoms with Gasteiger partial charge in [0.2, 0.25) is 5.91 Å². The van der Waals surface area contributed by atoms with Gasteiger partial charge in [-0.1, -0.05) is 6.92 Å². The van der Waals surface area contributed by atoms with E-state index in [-0.39, 0.29) is 5.91 Å². The molecule has 0 bridgehead atoms. The summed E-state index contributed by atoms with van der Waals surface area (Å²) >= 11 is 0. The van der Waals surface area contributed by atoms with E-state index in [9.17, 15) is 4.79 Å². The average Bonchev–Trinajstić information content (AvgIpc) is 2.21. The maximum absolute atomic E-state index is 11.2. The highest BCUT2D eigenvalue weighted by Gasteiger charge is 2.08. The molecule has 0 aliphatic rings. The summed E-state index contributed by atoms with van der Waals surface area (Å²) < 4.78 is 5.31. The molecule has 0 saturated carbocycles. The van der Waals surface area contributed by atoms with Crippen LogP contribution in [0.4, 0.5) is 0 Å². The third-order valence-corrected chi connectivity index (χ3v) is 2.01. The number of hydrogen-bond donors (Lipinski definition) is 2. The normalized spacial score (nSPS) is 12.9. The number of rotatable bonds is 8. The Hall–Kier alpha value is -0.650. The summed E-state index contributed by atoms with van der Waals surface area (Å²) in [5.74, 6) is -0.103. The molecule has 0 aromatic carbocycles. The summed E-state index contributed by atoms with van der Waals surface area (Å²) in [6.45, 7) is 4.53. The lowest BCUT2D eigenvalue weighted by Crippen LogP contribution is -2.41. The summed E-state index contributed by atoms with van der Waals surface area (Å²) in [5, 5.41) is 2.72. The lowest BCUT2D eigenvalue weighted by Gasteiger charge is -2.11. The highest BCUT2D eigenvalue weighted by molar-refractivity contribution is 5.81. The predicted molar refractivity (Wildman–Crippen MR) is 60.6 cm³/mol. The van der Waals surface area contributed by atoms with Gasteiger partial charge in [0.25, 0.3) is 0 Å². The molecule has 15 heavy (non-hydrogen) atoms. The molecule has 0 spiro atoms. The van der Waals surface area contributed by atoms with Crippen LogP contribution in [0.5, 0.6) is 0 Å². The molecule has 0 heterocycles. The van der Waals surface area contributed by atoms with Crippen molar-refractivity contribution in [2.75, 3.05) is 40.4 Å². The Morgan fingerprint density at radius 2 is 2.13 bits per heavy atom. The quantitative estimate of drug-likeness (QED) is 0.534. The summed E-state index contributed by atoms with van der Waals surface area (Å²) in [5.41, 5.74) is 5.54. The van der Waals surface area contributed by atoms with E-state index in [1.54, 1.807) is 0 Å². The van der Waals surface area contributed by atoms with Crippen molar-refractivity contribution in [3.8, 4) is 0 Å². The van der Waals surface area contributed by atoms with Gasteiger partial charge in [0.05, 0.1) is 19.3 Å². The molecule has 0 aliphatic heterocycles. The topological polar surface area (TPSA) is 67.6 Å². The number of likely N-dealkylation sites (N-methyl/N-ethyl adjacent to an activating group) is 1. The van der Waals surface area contributed by atoms with Crippen LogP contribution < -0.4 is 11.1 Å². The second kappa shape index (κ2) is 8.64. The fraction of sp³-hybridized carbons (Fsp3) is 0.900. The maximum atomic E-state index is 11.2. The number of nitrogens with zero attached hydrogens (tertiary/aromatic N) is 1. The minimum atomic E-state index is -0.397. The van der Waals surface area contributed by atoms with E-state index >= 15 is 0 Å². The van der Waals surface area contributed by atoms with Gasteiger partial charge >= 0.3 is 0 Å². The van der Waals surface area contributed by atoms with Gasteiger partial charge in [-0.05, 0) is 20.5 Å². The zero-order chi connectivity index (χ0) is 11.7. The maximum Gasteiger partial charge on any atom is 0.236 e. The predicted octanol–water partition coefficient (Wildman–Crippen LogP) is -0.582. The van der Waals surface area contributed by atoms with E-state index in [1.807, 2.05) is 25.9 Å². The second-order valence-corrected chi connectivity index (χ2v) is 3.72. The first-order valence-electron chi connectivity index (χ1n) is 5.33. The molecule has 90 valence electrons. The third-order valence-electron chi connectivity index (χ3n) is 2.01. The molecular weight excluding hydrogens is 194 g/mol. The number of carbonyl (C=O) groups excluding carboxylic acids is 1. The lowest BCUT2D eigenvalue weighted by molar-refractivity contribution is -0.122. The van der Waals surface area contributed by atoms with Crippen molar-refractivity contribution in [3.05, 3.63) is 0 Å². The van der Waals surface area contributed by atoms with Crippen molar-refractivity contribution in [3.63, 3.8) is 0 Å². The summed E-state index contributed by atoms with van der Waals surface area (Å²) in [7, 11) is 3.98. The Labute approximate surface area is 91.9 Å². The Bertz CT molecular complexity index is 174. The molecule has 5 nitrogen and oxygen atoms in total. The van der Waals surface area contributed by atoms with E-state index in [0.29, 0.717) is 26.2 Å². The minimum absolute atomic E-state index is 0.103. The second-order valence-electron chi connectivity index (χ2n) is 3.72. The van der Waals surface area contributed by atoms with Crippen LogP contribution in [0.25, 0.3) is 0 Å². The van der Waals surface area contributed by atoms with E-state index in [1.165, 1.54) is 0 Å². The van der Waals surface area contributed by atoms with Crippen LogP contribution >= 0.6 is 0 Å². The monoisotopic (exact) mass is 217 g/mol. The molecule has 0 radical (unpaired) electrons. The molecule has 1 amide bonds. The number of ether oxygens (including phenoxy) is 1. The molecule has 0 aromatic rings. The highest BCUT2D eigenvalue weighted by atomic mass is 16.5. The number of amides is 1. The van der Waals surface area contributed by atoms with Gasteiger partial charge in [-0.25, -0.2) is 0 Å². The summed E-state index contributed by atoms with van der Waals surface area (Å²) in [6.07, 6.45) is 0.660. The lowest BCUT2D eigenvalue weighted by atomic mass is 10.2. The molecule has 1 atom stereocenters. The molecule has 0 saturated heterocycles. The Morgan fingerprint density at radius 3 is 2.67 bits per heavy atom. The fourth-order valence-electron chi connectivity index (χ4n) is 0.912. The molecule has 0 aliphatic carbocycles. The zero-order valence-corrected chi connectivity index (χ0v) is 9.95. The smallest absolute Gasteiger partial charge is 0.236 e. The number of carbonyl (C=O) groups is 1. The molecule has 0 fully saturated rings. The molecule has 0 unspecified atom stereocenters. The highest BCUT2D eigenvalue weighted by Crippen LogP contribution is 1.85. The van der Waals surface area contributed by atoms with Crippen molar-refractivity contribution in [1.29, 1.82) is 0 Å². The van der Waals surface area contributed by atoms with Gasteiger partial charge < -0.3 is 20.7 Å². The minimum Gasteiger partial charge on any atom is -0.378 e.